The third-order valence-electron chi connectivity index (χ3n) is 7.06. The minimum atomic E-state index is -5.12. The third kappa shape index (κ3) is 7.65. The Morgan fingerprint density at radius 2 is 1.60 bits per heavy atom. The predicted octanol–water partition coefficient (Wildman–Crippen LogP) is 5.97. The topological polar surface area (TPSA) is 101 Å². The molecule has 19 heteroatoms. The van der Waals surface area contributed by atoms with Crippen LogP contribution in [0.25, 0.3) is 11.3 Å². The number of amides is 3. The van der Waals surface area contributed by atoms with E-state index in [-0.39, 0.29) is 52.0 Å². The Hall–Kier alpha value is -4.30. The van der Waals surface area contributed by atoms with Gasteiger partial charge < -0.3 is 24.6 Å². The Bertz CT molecular complexity index is 1710. The Morgan fingerprint density at radius 3 is 2.19 bits per heavy atom. The van der Waals surface area contributed by atoms with E-state index in [1.54, 1.807) is 22.6 Å². The number of carbonyl (C=O) groups excluding carboxylic acids is 3. The fourth-order valence-corrected chi connectivity index (χ4v) is 5.51. The Kier molecular flexibility index (Phi) is 8.97. The minimum absolute atomic E-state index is 0.0429. The van der Waals surface area contributed by atoms with Crippen LogP contribution in [0.2, 0.25) is 0 Å². The van der Waals surface area contributed by atoms with E-state index >= 15 is 0 Å². The molecule has 0 bridgehead atoms. The molecule has 47 heavy (non-hydrogen) atoms. The number of nitrogens with one attached hydrogen (secondary N) is 1. The van der Waals surface area contributed by atoms with Crippen LogP contribution in [0, 0.1) is 3.57 Å². The van der Waals surface area contributed by atoms with Crippen molar-refractivity contribution in [3.8, 4) is 22.8 Å². The van der Waals surface area contributed by atoms with Gasteiger partial charge in [-0.05, 0) is 65.1 Å². The number of nitrogens with zero attached hydrogens (tertiary/aromatic N) is 3. The van der Waals surface area contributed by atoms with Crippen LogP contribution in [-0.2, 0) is 21.9 Å². The first kappa shape index (κ1) is 34.0. The molecule has 9 nitrogen and oxygen atoms in total. The Balaban J connectivity index is 1.32. The molecule has 0 radical (unpaired) electrons. The first-order valence-electron chi connectivity index (χ1n) is 13.2. The van der Waals surface area contributed by atoms with Crippen LogP contribution in [0.3, 0.4) is 0 Å². The highest BCUT2D eigenvalue weighted by Gasteiger charge is 2.41. The molecule has 250 valence electrons. The fraction of sp³-hybridized carbons (Fsp3) is 0.286. The zero-order valence-corrected chi connectivity index (χ0v) is 25.3. The molecule has 1 N–H and O–H groups in total. The molecule has 0 unspecified atom stereocenters. The molecule has 0 saturated carbocycles. The molecule has 1 atom stereocenters. The second-order valence-electron chi connectivity index (χ2n) is 10.2. The van der Waals surface area contributed by atoms with Crippen molar-refractivity contribution in [2.24, 2.45) is 0 Å². The molecule has 2 aliphatic heterocycles. The maximum absolute atomic E-state index is 13.5. The van der Waals surface area contributed by atoms with E-state index in [0.717, 1.165) is 29.3 Å². The van der Waals surface area contributed by atoms with Gasteiger partial charge in [-0.25, -0.2) is 0 Å². The number of hydrogen-bond donors (Lipinski definition) is 1. The number of pyridine rings is 1. The molecule has 2 aromatic carbocycles. The van der Waals surface area contributed by atoms with Gasteiger partial charge in [0, 0.05) is 18.7 Å². The number of hydrogen-bond acceptors (Lipinski definition) is 6. The number of benzene rings is 2. The minimum Gasteiger partial charge on any atom is -0.483 e. The zero-order chi connectivity index (χ0) is 34.5. The van der Waals surface area contributed by atoms with Crippen LogP contribution in [-0.4, -0.2) is 71.2 Å². The van der Waals surface area contributed by atoms with Crippen molar-refractivity contribution in [2.45, 2.75) is 24.8 Å². The third-order valence-corrected chi connectivity index (χ3v) is 7.90. The fourth-order valence-electron chi connectivity index (χ4n) is 4.87. The highest BCUT2D eigenvalue weighted by molar-refractivity contribution is 14.1. The molecule has 3 aromatic rings. The van der Waals surface area contributed by atoms with Crippen molar-refractivity contribution >= 4 is 46.0 Å². The summed E-state index contributed by atoms with van der Waals surface area (Å²) < 4.78 is 127. The Morgan fingerprint density at radius 1 is 0.936 bits per heavy atom. The summed E-state index contributed by atoms with van der Waals surface area (Å²) in [6.07, 6.45) is -14.2. The van der Waals surface area contributed by atoms with Gasteiger partial charge in [-0.2, -0.15) is 26.3 Å². The van der Waals surface area contributed by atoms with Crippen molar-refractivity contribution in [3.63, 3.8) is 0 Å². The lowest BCUT2D eigenvalue weighted by Crippen LogP contribution is -2.60. The van der Waals surface area contributed by atoms with Gasteiger partial charge in [0.1, 0.15) is 17.5 Å². The summed E-state index contributed by atoms with van der Waals surface area (Å²) in [6.45, 7) is -1.13. The molecule has 1 aromatic heterocycles. The first-order chi connectivity index (χ1) is 21.8. The molecule has 3 amide bonds. The SMILES string of the molecule is O=C1Nc2cnc(-c3cc(C(F)(F)F)cc(C(F)(F)F)c3)cc2C(=O)N2CCN(C(=O)COc3ccc(OC(F)(F)F)cc3I)C[C@@H]12. The molecule has 0 aliphatic carbocycles. The Labute approximate surface area is 271 Å². The summed E-state index contributed by atoms with van der Waals surface area (Å²) >= 11 is 1.69. The number of halogens is 10. The lowest BCUT2D eigenvalue weighted by Gasteiger charge is -2.39. The number of ether oxygens (including phenoxy) is 2. The summed E-state index contributed by atoms with van der Waals surface area (Å²) in [7, 11) is 0. The van der Waals surface area contributed by atoms with E-state index in [2.05, 4.69) is 15.0 Å². The zero-order valence-electron chi connectivity index (χ0n) is 23.2. The molecular formula is C28H18F9IN4O5. The van der Waals surface area contributed by atoms with Gasteiger partial charge in [0.25, 0.3) is 11.8 Å². The lowest BCUT2D eigenvalue weighted by molar-refractivity contribution is -0.274. The van der Waals surface area contributed by atoms with Crippen LogP contribution in [0.4, 0.5) is 45.2 Å². The van der Waals surface area contributed by atoms with Crippen molar-refractivity contribution < 1.29 is 63.4 Å². The van der Waals surface area contributed by atoms with Crippen LogP contribution < -0.4 is 14.8 Å². The van der Waals surface area contributed by atoms with Crippen molar-refractivity contribution in [1.29, 1.82) is 0 Å². The number of carbonyl (C=O) groups is 3. The molecule has 1 saturated heterocycles. The summed E-state index contributed by atoms with van der Waals surface area (Å²) in [5.74, 6) is -2.55. The summed E-state index contributed by atoms with van der Waals surface area (Å²) in [4.78, 5) is 45.8. The van der Waals surface area contributed by atoms with Crippen LogP contribution in [0.5, 0.6) is 11.5 Å². The van der Waals surface area contributed by atoms with Crippen LogP contribution in [0.15, 0.2) is 48.7 Å². The van der Waals surface area contributed by atoms with E-state index < -0.39 is 71.5 Å². The maximum atomic E-state index is 13.5. The highest BCUT2D eigenvalue weighted by atomic mass is 127. The lowest BCUT2D eigenvalue weighted by atomic mass is 10.0. The van der Waals surface area contributed by atoms with E-state index in [4.69, 9.17) is 4.74 Å². The monoisotopic (exact) mass is 788 g/mol. The van der Waals surface area contributed by atoms with Gasteiger partial charge >= 0.3 is 18.7 Å². The first-order valence-corrected chi connectivity index (χ1v) is 14.3. The van der Waals surface area contributed by atoms with Crippen molar-refractivity contribution in [1.82, 2.24) is 14.8 Å². The van der Waals surface area contributed by atoms with Gasteiger partial charge in [-0.3, -0.25) is 19.4 Å². The van der Waals surface area contributed by atoms with Gasteiger partial charge in [0.05, 0.1) is 44.4 Å². The molecule has 5 rings (SSSR count). The van der Waals surface area contributed by atoms with E-state index in [0.29, 0.717) is 12.1 Å². The van der Waals surface area contributed by atoms with Gasteiger partial charge in [-0.1, -0.05) is 0 Å². The number of aromatic nitrogens is 1. The highest BCUT2D eigenvalue weighted by Crippen LogP contribution is 2.39. The number of rotatable bonds is 5. The molecule has 2 aliphatic rings. The normalized spacial score (nSPS) is 17.0. The largest absolute Gasteiger partial charge is 0.573 e. The average Bonchev–Trinajstić information content (AvgIpc) is 3.07. The number of anilines is 1. The van der Waals surface area contributed by atoms with E-state index in [1.807, 2.05) is 0 Å². The van der Waals surface area contributed by atoms with Crippen LogP contribution >= 0.6 is 22.6 Å². The van der Waals surface area contributed by atoms with Gasteiger partial charge in [-0.15, -0.1) is 13.2 Å². The number of piperazine rings is 1. The smallest absolute Gasteiger partial charge is 0.483 e. The number of fused-ring (bicyclic) bond motifs is 2. The molecule has 3 heterocycles. The molecular weight excluding hydrogens is 770 g/mol. The average molecular weight is 788 g/mol. The quantitative estimate of drug-likeness (QED) is 0.253. The van der Waals surface area contributed by atoms with Crippen LogP contribution in [0.1, 0.15) is 21.5 Å². The summed E-state index contributed by atoms with van der Waals surface area (Å²) in [5, 5.41) is 2.46. The standard InChI is InChI=1S/C28H18F9IN4O5/c29-26(30,31)14-5-13(6-15(7-14)27(32,33)34)19-9-17-20(10-39-19)40-24(44)21-11-41(3-4-42(21)25(17)45)23(43)12-46-22-2-1-16(8-18(22)38)47-28(35,36)37/h1-2,5-10,21H,3-4,11-12H2,(H,40,44)/t21-/m0/s1. The number of alkyl halides is 9. The predicted molar refractivity (Wildman–Crippen MR) is 151 cm³/mol. The van der Waals surface area contributed by atoms with E-state index in [9.17, 15) is 53.9 Å². The maximum Gasteiger partial charge on any atom is 0.573 e. The molecule has 1 fully saturated rings. The summed E-state index contributed by atoms with van der Waals surface area (Å²) in [6, 6.07) is 3.85. The second kappa shape index (κ2) is 12.4. The van der Waals surface area contributed by atoms with E-state index in [1.165, 1.54) is 11.0 Å². The van der Waals surface area contributed by atoms with Gasteiger partial charge in [0.2, 0.25) is 5.91 Å². The molecule has 0 spiro atoms. The van der Waals surface area contributed by atoms with Gasteiger partial charge in [0.15, 0.2) is 6.61 Å². The van der Waals surface area contributed by atoms with Crippen molar-refractivity contribution in [2.75, 3.05) is 31.6 Å². The second-order valence-corrected chi connectivity index (χ2v) is 11.3. The summed E-state index contributed by atoms with van der Waals surface area (Å²) in [5.41, 5.74) is -4.50. The van der Waals surface area contributed by atoms with Crippen molar-refractivity contribution in [3.05, 3.63) is 68.9 Å².